The van der Waals surface area contributed by atoms with Gasteiger partial charge in [-0.25, -0.2) is 0 Å². The van der Waals surface area contributed by atoms with E-state index in [1.54, 1.807) is 14.2 Å². The molecular formula is C19H33IN4O2. The molecule has 1 aromatic rings. The summed E-state index contributed by atoms with van der Waals surface area (Å²) >= 11 is 0. The van der Waals surface area contributed by atoms with Gasteiger partial charge in [0.25, 0.3) is 5.91 Å². The lowest BCUT2D eigenvalue weighted by Crippen LogP contribution is -2.39. The highest BCUT2D eigenvalue weighted by Gasteiger charge is 2.04. The van der Waals surface area contributed by atoms with Crippen LogP contribution in [0.2, 0.25) is 0 Å². The molecule has 1 rings (SSSR count). The Labute approximate surface area is 174 Å². The molecular weight excluding hydrogens is 443 g/mol. The molecule has 6 nitrogen and oxygen atoms in total. The van der Waals surface area contributed by atoms with Crippen molar-refractivity contribution in [3.8, 4) is 0 Å². The highest BCUT2D eigenvalue weighted by atomic mass is 127. The van der Waals surface area contributed by atoms with Crippen LogP contribution in [0.25, 0.3) is 0 Å². The van der Waals surface area contributed by atoms with Crippen LogP contribution >= 0.6 is 24.0 Å². The lowest BCUT2D eigenvalue weighted by atomic mass is 10.1. The van der Waals surface area contributed by atoms with Crippen LogP contribution in [-0.4, -0.2) is 52.3 Å². The lowest BCUT2D eigenvalue weighted by molar-refractivity contribution is 0.0963. The predicted molar refractivity (Wildman–Crippen MR) is 119 cm³/mol. The van der Waals surface area contributed by atoms with Crippen LogP contribution in [-0.2, 0) is 11.2 Å². The van der Waals surface area contributed by atoms with Crippen molar-refractivity contribution in [3.05, 3.63) is 35.4 Å². The fourth-order valence-electron chi connectivity index (χ4n) is 2.30. The van der Waals surface area contributed by atoms with Crippen LogP contribution in [0.4, 0.5) is 0 Å². The third kappa shape index (κ3) is 10.6. The molecule has 1 aromatic carbocycles. The van der Waals surface area contributed by atoms with Crippen molar-refractivity contribution >= 4 is 35.8 Å². The van der Waals surface area contributed by atoms with Gasteiger partial charge >= 0.3 is 0 Å². The van der Waals surface area contributed by atoms with Crippen molar-refractivity contribution in [3.63, 3.8) is 0 Å². The summed E-state index contributed by atoms with van der Waals surface area (Å²) in [5, 5.41) is 9.37. The van der Waals surface area contributed by atoms with Crippen molar-refractivity contribution in [2.24, 2.45) is 4.99 Å². The SMILES string of the molecule is CCCCNC(=NCCCOC)NCCc1cccc(C(=O)NC)c1.I. The molecule has 0 heterocycles. The van der Waals surface area contributed by atoms with Crippen LogP contribution in [0.1, 0.15) is 42.1 Å². The summed E-state index contributed by atoms with van der Waals surface area (Å²) in [6, 6.07) is 7.71. The zero-order valence-corrected chi connectivity index (χ0v) is 18.5. The summed E-state index contributed by atoms with van der Waals surface area (Å²) in [4.78, 5) is 16.3. The number of nitrogens with zero attached hydrogens (tertiary/aromatic N) is 1. The van der Waals surface area contributed by atoms with E-state index in [0.717, 1.165) is 63.4 Å². The van der Waals surface area contributed by atoms with E-state index in [9.17, 15) is 4.79 Å². The topological polar surface area (TPSA) is 74.8 Å². The van der Waals surface area contributed by atoms with Crippen LogP contribution in [0.15, 0.2) is 29.3 Å². The van der Waals surface area contributed by atoms with E-state index in [4.69, 9.17) is 4.74 Å². The molecule has 148 valence electrons. The first kappa shape index (κ1) is 24.7. The van der Waals surface area contributed by atoms with Crippen LogP contribution < -0.4 is 16.0 Å². The number of hydrogen-bond acceptors (Lipinski definition) is 3. The minimum atomic E-state index is -0.0589. The second kappa shape index (κ2) is 15.9. The summed E-state index contributed by atoms with van der Waals surface area (Å²) in [6.07, 6.45) is 4.01. The van der Waals surface area contributed by atoms with Crippen molar-refractivity contribution in [1.82, 2.24) is 16.0 Å². The van der Waals surface area contributed by atoms with Gasteiger partial charge in [-0.15, -0.1) is 24.0 Å². The Morgan fingerprint density at radius 3 is 2.65 bits per heavy atom. The van der Waals surface area contributed by atoms with Crippen LogP contribution in [0, 0.1) is 0 Å². The Kier molecular flexibility index (Phi) is 15.0. The molecule has 0 spiro atoms. The maximum absolute atomic E-state index is 11.7. The van der Waals surface area contributed by atoms with Gasteiger partial charge in [0, 0.05) is 46.0 Å². The van der Waals surface area contributed by atoms with Crippen molar-refractivity contribution in [2.45, 2.75) is 32.6 Å². The van der Waals surface area contributed by atoms with Gasteiger partial charge in [-0.2, -0.15) is 0 Å². The smallest absolute Gasteiger partial charge is 0.251 e. The number of rotatable bonds is 11. The first-order valence-electron chi connectivity index (χ1n) is 9.03. The maximum atomic E-state index is 11.7. The molecule has 0 aliphatic carbocycles. The van der Waals surface area contributed by atoms with E-state index in [0.29, 0.717) is 5.56 Å². The fourth-order valence-corrected chi connectivity index (χ4v) is 2.30. The molecule has 0 saturated carbocycles. The average Bonchev–Trinajstić information content (AvgIpc) is 2.64. The number of benzene rings is 1. The van der Waals surface area contributed by atoms with E-state index in [2.05, 4.69) is 27.9 Å². The molecule has 26 heavy (non-hydrogen) atoms. The van der Waals surface area contributed by atoms with Crippen LogP contribution in [0.3, 0.4) is 0 Å². The molecule has 7 heteroatoms. The minimum Gasteiger partial charge on any atom is -0.385 e. The first-order chi connectivity index (χ1) is 12.2. The molecule has 0 aliphatic rings. The molecule has 0 fully saturated rings. The predicted octanol–water partition coefficient (Wildman–Crippen LogP) is 2.58. The molecule has 0 aromatic heterocycles. The van der Waals surface area contributed by atoms with Gasteiger partial charge in [-0.05, 0) is 37.0 Å². The van der Waals surface area contributed by atoms with Gasteiger partial charge in [-0.3, -0.25) is 9.79 Å². The summed E-state index contributed by atoms with van der Waals surface area (Å²) < 4.78 is 5.06. The molecule has 0 radical (unpaired) electrons. The number of unbranched alkanes of at least 4 members (excludes halogenated alkanes) is 1. The number of amides is 1. The largest absolute Gasteiger partial charge is 0.385 e. The Hall–Kier alpha value is -1.35. The number of hydrogen-bond donors (Lipinski definition) is 3. The molecule has 0 atom stereocenters. The molecule has 3 N–H and O–H groups in total. The van der Waals surface area contributed by atoms with E-state index >= 15 is 0 Å². The van der Waals surface area contributed by atoms with Crippen LogP contribution in [0.5, 0.6) is 0 Å². The Morgan fingerprint density at radius 1 is 1.19 bits per heavy atom. The molecule has 0 aliphatic heterocycles. The number of carbonyl (C=O) groups is 1. The molecule has 0 bridgehead atoms. The lowest BCUT2D eigenvalue weighted by Gasteiger charge is -2.13. The third-order valence-corrected chi connectivity index (χ3v) is 3.72. The monoisotopic (exact) mass is 476 g/mol. The maximum Gasteiger partial charge on any atom is 0.251 e. The average molecular weight is 476 g/mol. The third-order valence-electron chi connectivity index (χ3n) is 3.72. The van der Waals surface area contributed by atoms with Gasteiger partial charge in [0.15, 0.2) is 5.96 Å². The Morgan fingerprint density at radius 2 is 1.96 bits per heavy atom. The van der Waals surface area contributed by atoms with E-state index < -0.39 is 0 Å². The normalized spacial score (nSPS) is 10.8. The van der Waals surface area contributed by atoms with Gasteiger partial charge in [0.2, 0.25) is 0 Å². The first-order valence-corrected chi connectivity index (χ1v) is 9.03. The van der Waals surface area contributed by atoms with Gasteiger partial charge in [0.1, 0.15) is 0 Å². The summed E-state index contributed by atoms with van der Waals surface area (Å²) in [5.74, 6) is 0.781. The van der Waals surface area contributed by atoms with Gasteiger partial charge < -0.3 is 20.7 Å². The van der Waals surface area contributed by atoms with Crippen molar-refractivity contribution in [2.75, 3.05) is 40.4 Å². The molecule has 1 amide bonds. The Balaban J connectivity index is 0.00000625. The van der Waals surface area contributed by atoms with Crippen molar-refractivity contribution < 1.29 is 9.53 Å². The minimum absolute atomic E-state index is 0. The summed E-state index contributed by atoms with van der Waals surface area (Å²) in [7, 11) is 3.35. The molecule has 0 unspecified atom stereocenters. The van der Waals surface area contributed by atoms with E-state index in [1.807, 2.05) is 24.3 Å². The fraction of sp³-hybridized carbons (Fsp3) is 0.579. The zero-order chi connectivity index (χ0) is 18.3. The number of guanidine groups is 1. The standard InChI is InChI=1S/C19H32N4O2.HI/c1-4-5-11-21-19(22-12-7-14-25-3)23-13-10-16-8-6-9-17(15-16)18(24)20-2;/h6,8-9,15H,4-5,7,10-14H2,1-3H3,(H,20,24)(H2,21,22,23);1H. The van der Waals surface area contributed by atoms with Crippen molar-refractivity contribution in [1.29, 1.82) is 0 Å². The summed E-state index contributed by atoms with van der Waals surface area (Å²) in [6.45, 7) is 5.31. The van der Waals surface area contributed by atoms with Gasteiger partial charge in [0.05, 0.1) is 0 Å². The Bertz CT molecular complexity index is 538. The highest BCUT2D eigenvalue weighted by molar-refractivity contribution is 14.0. The number of halogens is 1. The zero-order valence-electron chi connectivity index (χ0n) is 16.1. The summed E-state index contributed by atoms with van der Waals surface area (Å²) in [5.41, 5.74) is 1.82. The number of nitrogens with one attached hydrogen (secondary N) is 3. The highest BCUT2D eigenvalue weighted by Crippen LogP contribution is 2.05. The van der Waals surface area contributed by atoms with E-state index in [-0.39, 0.29) is 29.9 Å². The number of ether oxygens (including phenoxy) is 1. The number of aliphatic imine (C=N–C) groups is 1. The quantitative estimate of drug-likeness (QED) is 0.199. The van der Waals surface area contributed by atoms with Gasteiger partial charge in [-0.1, -0.05) is 25.5 Å². The number of carbonyl (C=O) groups excluding carboxylic acids is 1. The van der Waals surface area contributed by atoms with E-state index in [1.165, 1.54) is 0 Å². The second-order valence-corrected chi connectivity index (χ2v) is 5.81. The second-order valence-electron chi connectivity index (χ2n) is 5.81. The number of methoxy groups -OCH3 is 1. The molecule has 0 saturated heterocycles.